The Balaban J connectivity index is 1.70. The molecule has 0 bridgehead atoms. The number of aliphatic hydroxyl groups is 1. The fourth-order valence-electron chi connectivity index (χ4n) is 3.91. The highest BCUT2D eigenvalue weighted by atomic mass is 35.5. The number of hydrogen-bond acceptors (Lipinski definition) is 5. The monoisotopic (exact) mass is 490 g/mol. The molecule has 0 saturated carbocycles. The number of pyridine rings is 3. The average molecular weight is 491 g/mol. The van der Waals surface area contributed by atoms with Crippen LogP contribution in [0.3, 0.4) is 0 Å². The highest BCUT2D eigenvalue weighted by Gasteiger charge is 2.21. The van der Waals surface area contributed by atoms with Gasteiger partial charge in [-0.2, -0.15) is 0 Å². The predicted molar refractivity (Wildman–Crippen MR) is 138 cm³/mol. The quantitative estimate of drug-likeness (QED) is 0.253. The third-order valence-corrected chi connectivity index (χ3v) is 6.26. The highest BCUT2D eigenvalue weighted by Crippen LogP contribution is 2.39. The van der Waals surface area contributed by atoms with Crippen molar-refractivity contribution in [1.29, 1.82) is 0 Å². The average Bonchev–Trinajstić information content (AvgIpc) is 2.81. The van der Waals surface area contributed by atoms with Crippen molar-refractivity contribution in [3.63, 3.8) is 0 Å². The summed E-state index contributed by atoms with van der Waals surface area (Å²) in [6.45, 7) is 3.32. The van der Waals surface area contributed by atoms with Gasteiger partial charge in [0.15, 0.2) is 0 Å². The number of fused-ring (bicyclic) bond motifs is 3. The molecule has 0 fully saturated rings. The summed E-state index contributed by atoms with van der Waals surface area (Å²) in [6.07, 6.45) is 3.30. The van der Waals surface area contributed by atoms with Crippen molar-refractivity contribution < 1.29 is 5.11 Å². The van der Waals surface area contributed by atoms with Gasteiger partial charge in [0.05, 0.1) is 37.9 Å². The van der Waals surface area contributed by atoms with Gasteiger partial charge in [-0.3, -0.25) is 9.78 Å². The lowest BCUT2D eigenvalue weighted by molar-refractivity contribution is 0.0786. The molecule has 0 aliphatic carbocycles. The summed E-state index contributed by atoms with van der Waals surface area (Å²) in [6, 6.07) is 16.5. The maximum atomic E-state index is 12.9. The van der Waals surface area contributed by atoms with E-state index in [1.54, 1.807) is 44.4 Å². The molecule has 0 saturated heterocycles. The van der Waals surface area contributed by atoms with Crippen LogP contribution in [-0.4, -0.2) is 20.1 Å². The van der Waals surface area contributed by atoms with E-state index in [9.17, 15) is 9.90 Å². The van der Waals surface area contributed by atoms with Crippen LogP contribution in [0.25, 0.3) is 32.9 Å². The first-order valence-corrected chi connectivity index (χ1v) is 11.3. The summed E-state index contributed by atoms with van der Waals surface area (Å²) >= 11 is 13.0. The molecule has 6 nitrogen and oxygen atoms in total. The largest absolute Gasteiger partial charge is 0.386 e. The summed E-state index contributed by atoms with van der Waals surface area (Å²) in [5.74, 6) is 0.444. The van der Waals surface area contributed by atoms with Crippen molar-refractivity contribution in [2.75, 3.05) is 5.32 Å². The van der Waals surface area contributed by atoms with Crippen LogP contribution in [0.2, 0.25) is 10.0 Å². The van der Waals surface area contributed by atoms with Gasteiger partial charge in [0.1, 0.15) is 5.82 Å². The number of aromatic nitrogens is 3. The van der Waals surface area contributed by atoms with Crippen LogP contribution in [-0.2, 0) is 5.60 Å². The van der Waals surface area contributed by atoms with Gasteiger partial charge in [0.25, 0.3) is 5.56 Å². The van der Waals surface area contributed by atoms with Gasteiger partial charge in [0, 0.05) is 28.7 Å². The molecule has 5 rings (SSSR count). The van der Waals surface area contributed by atoms with Gasteiger partial charge >= 0.3 is 0 Å². The smallest absolute Gasteiger partial charge is 0.256 e. The molecule has 0 aliphatic rings. The first-order valence-electron chi connectivity index (χ1n) is 10.6. The van der Waals surface area contributed by atoms with Crippen LogP contribution < -0.4 is 10.9 Å². The van der Waals surface area contributed by atoms with Crippen molar-refractivity contribution in [2.24, 2.45) is 0 Å². The molecule has 8 heteroatoms. The molecule has 0 spiro atoms. The zero-order valence-corrected chi connectivity index (χ0v) is 19.9. The molecular weight excluding hydrogens is 471 g/mol. The predicted octanol–water partition coefficient (Wildman–Crippen LogP) is 6.42. The maximum Gasteiger partial charge on any atom is 0.256 e. The van der Waals surface area contributed by atoms with Crippen LogP contribution in [0.1, 0.15) is 19.4 Å². The van der Waals surface area contributed by atoms with E-state index in [0.29, 0.717) is 48.8 Å². The molecule has 0 amide bonds. The van der Waals surface area contributed by atoms with Crippen molar-refractivity contribution in [2.45, 2.75) is 19.4 Å². The Hall–Kier alpha value is -3.45. The number of hydrogen-bond donors (Lipinski definition) is 3. The highest BCUT2D eigenvalue weighted by molar-refractivity contribution is 6.39. The Bertz CT molecular complexity index is 1590. The van der Waals surface area contributed by atoms with Gasteiger partial charge in [0.2, 0.25) is 0 Å². The molecular formula is C26H20Cl2N4O2. The van der Waals surface area contributed by atoms with E-state index in [-0.39, 0.29) is 5.56 Å². The van der Waals surface area contributed by atoms with Gasteiger partial charge in [-0.1, -0.05) is 35.3 Å². The van der Waals surface area contributed by atoms with Crippen LogP contribution in [0.15, 0.2) is 71.8 Å². The molecule has 2 aromatic carbocycles. The first-order chi connectivity index (χ1) is 16.2. The number of aromatic amines is 1. The second-order valence-corrected chi connectivity index (χ2v) is 9.32. The lowest BCUT2D eigenvalue weighted by Gasteiger charge is -2.20. The summed E-state index contributed by atoms with van der Waals surface area (Å²) in [5, 5.41) is 16.0. The van der Waals surface area contributed by atoms with E-state index in [0.717, 1.165) is 11.3 Å². The van der Waals surface area contributed by atoms with Gasteiger partial charge < -0.3 is 15.4 Å². The number of anilines is 2. The number of halogens is 2. The molecule has 0 atom stereocenters. The standard InChI is InChI=1S/C26H20Cl2N4O2/c1-26(2,34)15-12-18(27)23(19(28)13-15)32-24-16-8-10-30-25(33)22(16)17-11-14(6-7-21(17)31-24)20-5-3-4-9-29-20/h3-13,34H,1-2H3,(H,30,33)(H,31,32). The summed E-state index contributed by atoms with van der Waals surface area (Å²) in [7, 11) is 0. The molecule has 3 heterocycles. The summed E-state index contributed by atoms with van der Waals surface area (Å²) in [4.78, 5) is 24.9. The van der Waals surface area contributed by atoms with E-state index in [1.807, 2.05) is 36.4 Å². The van der Waals surface area contributed by atoms with Crippen LogP contribution in [0.5, 0.6) is 0 Å². The topological polar surface area (TPSA) is 90.9 Å². The number of benzene rings is 2. The molecule has 170 valence electrons. The molecule has 3 N–H and O–H groups in total. The lowest BCUT2D eigenvalue weighted by atomic mass is 9.98. The van der Waals surface area contributed by atoms with E-state index in [1.165, 1.54) is 0 Å². The summed E-state index contributed by atoms with van der Waals surface area (Å²) in [5.41, 5.74) is 2.01. The third kappa shape index (κ3) is 4.01. The lowest BCUT2D eigenvalue weighted by Crippen LogP contribution is -2.15. The zero-order valence-electron chi connectivity index (χ0n) is 18.4. The fraction of sp³-hybridized carbons (Fsp3) is 0.115. The molecule has 3 aromatic heterocycles. The molecule has 34 heavy (non-hydrogen) atoms. The number of nitrogens with zero attached hydrogens (tertiary/aromatic N) is 2. The van der Waals surface area contributed by atoms with Crippen molar-refractivity contribution in [1.82, 2.24) is 15.0 Å². The van der Waals surface area contributed by atoms with Gasteiger partial charge in [-0.15, -0.1) is 0 Å². The van der Waals surface area contributed by atoms with E-state index in [2.05, 4.69) is 15.3 Å². The van der Waals surface area contributed by atoms with Crippen LogP contribution >= 0.6 is 23.2 Å². The molecule has 0 aliphatic heterocycles. The van der Waals surface area contributed by atoms with Crippen molar-refractivity contribution in [3.05, 3.63) is 93.0 Å². The van der Waals surface area contributed by atoms with Crippen LogP contribution in [0.4, 0.5) is 11.5 Å². The SMILES string of the molecule is CC(C)(O)c1cc(Cl)c(Nc2nc3ccc(-c4ccccn4)cc3c3c(=O)[nH]ccc23)c(Cl)c1. The maximum absolute atomic E-state index is 12.9. The Morgan fingerprint density at radius 2 is 1.76 bits per heavy atom. The normalized spacial score (nSPS) is 11.8. The van der Waals surface area contributed by atoms with E-state index < -0.39 is 5.60 Å². The van der Waals surface area contributed by atoms with Gasteiger partial charge in [-0.05, 0) is 61.9 Å². The van der Waals surface area contributed by atoms with Gasteiger partial charge in [-0.25, -0.2) is 4.98 Å². The first kappa shape index (κ1) is 22.3. The Morgan fingerprint density at radius 3 is 2.44 bits per heavy atom. The molecule has 0 radical (unpaired) electrons. The number of rotatable bonds is 4. The number of nitrogens with one attached hydrogen (secondary N) is 2. The van der Waals surface area contributed by atoms with Crippen molar-refractivity contribution >= 4 is 56.4 Å². The van der Waals surface area contributed by atoms with Crippen LogP contribution in [0, 0.1) is 0 Å². The second kappa shape index (κ2) is 8.40. The summed E-state index contributed by atoms with van der Waals surface area (Å²) < 4.78 is 0. The Labute approximate surface area is 205 Å². The zero-order chi connectivity index (χ0) is 24.0. The van der Waals surface area contributed by atoms with Crippen molar-refractivity contribution in [3.8, 4) is 11.3 Å². The third-order valence-electron chi connectivity index (χ3n) is 5.67. The molecule has 0 unspecified atom stereocenters. The Kier molecular flexibility index (Phi) is 5.52. The van der Waals surface area contributed by atoms with E-state index >= 15 is 0 Å². The fourth-order valence-corrected chi connectivity index (χ4v) is 4.49. The van der Waals surface area contributed by atoms with E-state index in [4.69, 9.17) is 28.2 Å². The Morgan fingerprint density at radius 1 is 1.00 bits per heavy atom. The number of H-pyrrole nitrogens is 1. The minimum atomic E-state index is -1.10. The minimum absolute atomic E-state index is 0.235. The minimum Gasteiger partial charge on any atom is -0.386 e. The second-order valence-electron chi connectivity index (χ2n) is 8.50. The molecule has 5 aromatic rings.